The molecule has 0 unspecified atom stereocenters. The second kappa shape index (κ2) is 5.90. The Labute approximate surface area is 132 Å². The van der Waals surface area contributed by atoms with Crippen molar-refractivity contribution in [3.8, 4) is 0 Å². The number of nitrogens with zero attached hydrogens (tertiary/aromatic N) is 3. The number of aliphatic hydroxyl groups excluding tert-OH is 1. The Morgan fingerprint density at radius 1 is 1.59 bits per heavy atom. The molecule has 0 amide bonds. The number of anilines is 1. The van der Waals surface area contributed by atoms with Gasteiger partial charge in [0.15, 0.2) is 17.4 Å². The summed E-state index contributed by atoms with van der Waals surface area (Å²) in [4.78, 5) is 22.3. The third kappa shape index (κ3) is 2.49. The Morgan fingerprint density at radius 3 is 3.09 bits per heavy atom. The normalized spacial score (nSPS) is 28.5. The second-order valence-corrected chi connectivity index (χ2v) is 6.06. The van der Waals surface area contributed by atoms with E-state index in [0.717, 1.165) is 19.3 Å². The van der Waals surface area contributed by atoms with Gasteiger partial charge in [-0.1, -0.05) is 19.8 Å². The highest BCUT2D eigenvalue weighted by Gasteiger charge is 2.42. The molecule has 2 aromatic heterocycles. The molecule has 3 rings (SSSR count). The van der Waals surface area contributed by atoms with E-state index in [2.05, 4.69) is 34.5 Å². The van der Waals surface area contributed by atoms with Crippen LogP contribution in [0, 0.1) is 0 Å². The zero-order valence-electron chi connectivity index (χ0n) is 12.1. The van der Waals surface area contributed by atoms with Crippen LogP contribution in [0.15, 0.2) is 11.1 Å². The van der Waals surface area contributed by atoms with E-state index in [1.54, 1.807) is 4.57 Å². The van der Waals surface area contributed by atoms with Crippen molar-refractivity contribution in [3.63, 3.8) is 0 Å². The van der Waals surface area contributed by atoms with Crippen LogP contribution in [-0.4, -0.2) is 42.1 Å². The fourth-order valence-corrected chi connectivity index (χ4v) is 3.10. The van der Waals surface area contributed by atoms with E-state index in [1.807, 2.05) is 0 Å². The molecule has 120 valence electrons. The van der Waals surface area contributed by atoms with Crippen molar-refractivity contribution >= 4 is 29.7 Å². The summed E-state index contributed by atoms with van der Waals surface area (Å²) >= 11 is 4.46. The van der Waals surface area contributed by atoms with E-state index in [-0.39, 0.29) is 22.8 Å². The van der Waals surface area contributed by atoms with Crippen LogP contribution < -0.4 is 11.3 Å². The van der Waals surface area contributed by atoms with Crippen molar-refractivity contribution in [1.29, 1.82) is 0 Å². The van der Waals surface area contributed by atoms with Crippen molar-refractivity contribution in [1.82, 2.24) is 19.5 Å². The molecular formula is C13H19N5O3S. The minimum atomic E-state index is -0.815. The lowest BCUT2D eigenvalue weighted by Gasteiger charge is -2.16. The van der Waals surface area contributed by atoms with E-state index >= 15 is 0 Å². The van der Waals surface area contributed by atoms with Gasteiger partial charge in [-0.25, -0.2) is 4.98 Å². The van der Waals surface area contributed by atoms with E-state index < -0.39 is 17.9 Å². The molecule has 8 nitrogen and oxygen atoms in total. The number of unbranched alkanes of at least 4 members (excludes halogenated alkanes) is 1. The van der Waals surface area contributed by atoms with E-state index in [4.69, 9.17) is 10.5 Å². The molecule has 0 saturated carbocycles. The predicted molar refractivity (Wildman–Crippen MR) is 84.8 cm³/mol. The van der Waals surface area contributed by atoms with Gasteiger partial charge < -0.3 is 15.6 Å². The van der Waals surface area contributed by atoms with Crippen molar-refractivity contribution in [2.45, 2.75) is 49.9 Å². The summed E-state index contributed by atoms with van der Waals surface area (Å²) < 4.78 is 7.47. The maximum atomic E-state index is 11.8. The van der Waals surface area contributed by atoms with E-state index in [1.165, 1.54) is 6.33 Å². The van der Waals surface area contributed by atoms with Gasteiger partial charge in [-0.05, 0) is 6.42 Å². The van der Waals surface area contributed by atoms with Crippen LogP contribution in [0.5, 0.6) is 0 Å². The molecular weight excluding hydrogens is 306 g/mol. The second-order valence-electron chi connectivity index (χ2n) is 5.46. The van der Waals surface area contributed by atoms with Crippen LogP contribution >= 0.6 is 12.6 Å². The number of fused-ring (bicyclic) bond motifs is 1. The maximum Gasteiger partial charge on any atom is 0.280 e. The molecule has 0 aromatic carbocycles. The zero-order valence-corrected chi connectivity index (χ0v) is 13.0. The first kappa shape index (κ1) is 15.3. The van der Waals surface area contributed by atoms with Crippen LogP contribution in [-0.2, 0) is 4.74 Å². The van der Waals surface area contributed by atoms with Crippen molar-refractivity contribution < 1.29 is 9.84 Å². The highest BCUT2D eigenvalue weighted by atomic mass is 32.1. The molecule has 3 heterocycles. The average Bonchev–Trinajstić information content (AvgIpc) is 3.00. The summed E-state index contributed by atoms with van der Waals surface area (Å²) in [5, 5.41) is 10.1. The van der Waals surface area contributed by atoms with Gasteiger partial charge >= 0.3 is 0 Å². The summed E-state index contributed by atoms with van der Waals surface area (Å²) in [6.45, 7) is 2.10. The lowest BCUT2D eigenvalue weighted by Crippen LogP contribution is -2.27. The summed E-state index contributed by atoms with van der Waals surface area (Å²) in [6, 6.07) is 0. The molecule has 0 radical (unpaired) electrons. The minimum Gasteiger partial charge on any atom is -0.387 e. The number of aromatic amines is 1. The van der Waals surface area contributed by atoms with Gasteiger partial charge in [0.2, 0.25) is 5.95 Å². The van der Waals surface area contributed by atoms with Crippen molar-refractivity contribution in [3.05, 3.63) is 16.7 Å². The van der Waals surface area contributed by atoms with E-state index in [0.29, 0.717) is 5.65 Å². The minimum absolute atomic E-state index is 0.00306. The lowest BCUT2D eigenvalue weighted by molar-refractivity contribution is -0.0372. The van der Waals surface area contributed by atoms with Gasteiger partial charge in [-0.3, -0.25) is 14.3 Å². The van der Waals surface area contributed by atoms with E-state index in [9.17, 15) is 9.90 Å². The third-order valence-electron chi connectivity index (χ3n) is 3.90. The molecule has 9 heteroatoms. The summed E-state index contributed by atoms with van der Waals surface area (Å²) in [5.41, 5.74) is 5.62. The first-order valence-corrected chi connectivity index (χ1v) is 7.78. The standard InChI is InChI=1S/C13H19N5O3S/c1-2-3-4-6-9(22)8(19)12(21-6)18-5-15-7-10(18)16-13(14)17-11(7)20/h5-6,8-9,12,19,22H,2-4H2,1H3,(H3,14,16,17,20)/t6-,8-,9-,12-/m1/s1. The fourth-order valence-electron chi connectivity index (χ4n) is 2.73. The number of ether oxygens (including phenoxy) is 1. The monoisotopic (exact) mass is 325 g/mol. The summed E-state index contributed by atoms with van der Waals surface area (Å²) in [6.07, 6.45) is 2.65. The number of rotatable bonds is 4. The Morgan fingerprint density at radius 2 is 2.36 bits per heavy atom. The van der Waals surface area contributed by atoms with Gasteiger partial charge in [-0.15, -0.1) is 0 Å². The SMILES string of the molecule is CCCC[C@H]1O[C@@H](n2cnc3c(=O)[nH]c(N)nc32)[C@H](O)[C@@H]1S. The molecule has 1 saturated heterocycles. The average molecular weight is 325 g/mol. The first-order chi connectivity index (χ1) is 10.5. The third-order valence-corrected chi connectivity index (χ3v) is 4.54. The summed E-state index contributed by atoms with van der Waals surface area (Å²) in [7, 11) is 0. The number of imidazole rings is 1. The number of nitrogens with one attached hydrogen (secondary N) is 1. The first-order valence-electron chi connectivity index (χ1n) is 7.26. The zero-order chi connectivity index (χ0) is 15.9. The number of aromatic nitrogens is 4. The number of hydrogen-bond donors (Lipinski definition) is 4. The van der Waals surface area contributed by atoms with Crippen molar-refractivity contribution in [2.24, 2.45) is 0 Å². The predicted octanol–water partition coefficient (Wildman–Crippen LogP) is 0.449. The highest BCUT2D eigenvalue weighted by Crippen LogP contribution is 2.35. The fraction of sp³-hybridized carbons (Fsp3) is 0.615. The number of nitrogens with two attached hydrogens (primary N) is 1. The highest BCUT2D eigenvalue weighted by molar-refractivity contribution is 7.81. The molecule has 4 N–H and O–H groups in total. The molecule has 2 aromatic rings. The van der Waals surface area contributed by atoms with Gasteiger partial charge in [0.25, 0.3) is 5.56 Å². The number of hydrogen-bond acceptors (Lipinski definition) is 7. The topological polar surface area (TPSA) is 119 Å². The maximum absolute atomic E-state index is 11.8. The molecule has 0 bridgehead atoms. The molecule has 0 aliphatic carbocycles. The Hall–Kier alpha value is -1.58. The molecule has 1 aliphatic rings. The number of aliphatic hydroxyl groups is 1. The Balaban J connectivity index is 1.96. The Bertz CT molecular complexity index is 730. The molecule has 0 spiro atoms. The van der Waals surface area contributed by atoms with Crippen LogP contribution in [0.25, 0.3) is 11.2 Å². The smallest absolute Gasteiger partial charge is 0.280 e. The van der Waals surface area contributed by atoms with Gasteiger partial charge in [0, 0.05) is 0 Å². The van der Waals surface area contributed by atoms with Crippen LogP contribution in [0.1, 0.15) is 32.4 Å². The molecule has 22 heavy (non-hydrogen) atoms. The quantitative estimate of drug-likeness (QED) is 0.606. The number of H-pyrrole nitrogens is 1. The van der Waals surface area contributed by atoms with Gasteiger partial charge in [-0.2, -0.15) is 17.6 Å². The summed E-state index contributed by atoms with van der Waals surface area (Å²) in [5.74, 6) is -0.00306. The molecule has 4 atom stereocenters. The van der Waals surface area contributed by atoms with Crippen LogP contribution in [0.2, 0.25) is 0 Å². The Kier molecular flexibility index (Phi) is 4.11. The number of nitrogen functional groups attached to an aromatic ring is 1. The molecule has 1 fully saturated rings. The van der Waals surface area contributed by atoms with Gasteiger partial charge in [0.1, 0.15) is 6.10 Å². The molecule has 1 aliphatic heterocycles. The van der Waals surface area contributed by atoms with Crippen LogP contribution in [0.4, 0.5) is 5.95 Å². The van der Waals surface area contributed by atoms with Crippen molar-refractivity contribution in [2.75, 3.05) is 5.73 Å². The van der Waals surface area contributed by atoms with Crippen LogP contribution in [0.3, 0.4) is 0 Å². The number of thiol groups is 1. The van der Waals surface area contributed by atoms with Gasteiger partial charge in [0.05, 0.1) is 17.7 Å². The lowest BCUT2D eigenvalue weighted by atomic mass is 10.1. The largest absolute Gasteiger partial charge is 0.387 e.